The first kappa shape index (κ1) is 18.0. The van der Waals surface area contributed by atoms with Gasteiger partial charge >= 0.3 is 0 Å². The van der Waals surface area contributed by atoms with Gasteiger partial charge in [0.25, 0.3) is 10.0 Å². The Morgan fingerprint density at radius 3 is 2.67 bits per heavy atom. The lowest BCUT2D eigenvalue weighted by Gasteiger charge is -2.09. The molecule has 2 aromatic rings. The van der Waals surface area contributed by atoms with Crippen molar-refractivity contribution in [2.75, 3.05) is 17.6 Å². The van der Waals surface area contributed by atoms with Crippen LogP contribution < -0.4 is 15.8 Å². The van der Waals surface area contributed by atoms with E-state index in [1.165, 1.54) is 6.20 Å². The second-order valence-corrected chi connectivity index (χ2v) is 7.22. The normalized spacial score (nSPS) is 11.5. The van der Waals surface area contributed by atoms with Gasteiger partial charge in [0.15, 0.2) is 5.03 Å². The molecule has 0 aliphatic carbocycles. The number of carbonyl (C=O) groups excluding carboxylic acids is 1. The molecule has 0 unspecified atom stereocenters. The zero-order chi connectivity index (χ0) is 17.9. The standard InChI is InChI=1S/C15H21N5O3S/c1-10-4-5-12(16)8-13(10)19-14(21)6-7-17-24(22,23)15-9-20(3)11(2)18-15/h4-5,8-9,17H,6-7,16H2,1-3H3,(H,19,21). The first-order valence-corrected chi connectivity index (χ1v) is 8.83. The van der Waals surface area contributed by atoms with Gasteiger partial charge < -0.3 is 15.6 Å². The van der Waals surface area contributed by atoms with Crippen LogP contribution in [0.4, 0.5) is 11.4 Å². The first-order chi connectivity index (χ1) is 11.2. The van der Waals surface area contributed by atoms with Crippen LogP contribution in [0.15, 0.2) is 29.4 Å². The van der Waals surface area contributed by atoms with Crippen molar-refractivity contribution in [2.45, 2.75) is 25.3 Å². The topological polar surface area (TPSA) is 119 Å². The van der Waals surface area contributed by atoms with Crippen LogP contribution in [0.5, 0.6) is 0 Å². The van der Waals surface area contributed by atoms with Crippen molar-refractivity contribution < 1.29 is 13.2 Å². The van der Waals surface area contributed by atoms with Crippen LogP contribution in [-0.2, 0) is 21.9 Å². The Morgan fingerprint density at radius 1 is 1.33 bits per heavy atom. The molecule has 0 atom stereocenters. The molecule has 24 heavy (non-hydrogen) atoms. The average molecular weight is 351 g/mol. The second-order valence-electron chi connectivity index (χ2n) is 5.51. The minimum atomic E-state index is -3.73. The van der Waals surface area contributed by atoms with Crippen molar-refractivity contribution >= 4 is 27.3 Å². The summed E-state index contributed by atoms with van der Waals surface area (Å²) in [6, 6.07) is 5.21. The number of amides is 1. The average Bonchev–Trinajstić information content (AvgIpc) is 2.83. The molecule has 0 bridgehead atoms. The number of nitrogens with one attached hydrogen (secondary N) is 2. The Hall–Kier alpha value is -2.39. The minimum Gasteiger partial charge on any atom is -0.399 e. The molecule has 8 nitrogen and oxygen atoms in total. The number of aromatic nitrogens is 2. The molecule has 0 aliphatic heterocycles. The summed E-state index contributed by atoms with van der Waals surface area (Å²) in [5.41, 5.74) is 7.72. The lowest BCUT2D eigenvalue weighted by Crippen LogP contribution is -2.28. The van der Waals surface area contributed by atoms with Crippen LogP contribution in [0.2, 0.25) is 0 Å². The summed E-state index contributed by atoms with van der Waals surface area (Å²) in [5.74, 6) is 0.286. The summed E-state index contributed by atoms with van der Waals surface area (Å²) in [6.45, 7) is 3.53. The van der Waals surface area contributed by atoms with Gasteiger partial charge in [0, 0.05) is 37.6 Å². The molecule has 9 heteroatoms. The van der Waals surface area contributed by atoms with Gasteiger partial charge in [0.05, 0.1) is 0 Å². The van der Waals surface area contributed by atoms with Crippen molar-refractivity contribution in [3.8, 4) is 0 Å². The van der Waals surface area contributed by atoms with Gasteiger partial charge in [0.1, 0.15) is 5.82 Å². The third-order valence-corrected chi connectivity index (χ3v) is 4.87. The molecule has 0 aliphatic rings. The molecule has 1 aromatic heterocycles. The Bertz CT molecular complexity index is 838. The SMILES string of the molecule is Cc1ccc(N)cc1NC(=O)CCNS(=O)(=O)c1cn(C)c(C)n1. The second kappa shape index (κ2) is 7.02. The number of hydrogen-bond acceptors (Lipinski definition) is 5. The van der Waals surface area contributed by atoms with Crippen molar-refractivity contribution in [3.05, 3.63) is 35.8 Å². The lowest BCUT2D eigenvalue weighted by atomic mass is 10.2. The van der Waals surface area contributed by atoms with E-state index in [4.69, 9.17) is 5.73 Å². The third kappa shape index (κ3) is 4.33. The predicted molar refractivity (Wildman–Crippen MR) is 92.0 cm³/mol. The molecule has 1 heterocycles. The lowest BCUT2D eigenvalue weighted by molar-refractivity contribution is -0.116. The van der Waals surface area contributed by atoms with Crippen LogP contribution >= 0.6 is 0 Å². The van der Waals surface area contributed by atoms with Gasteiger partial charge in [-0.3, -0.25) is 4.79 Å². The van der Waals surface area contributed by atoms with Gasteiger partial charge in [-0.25, -0.2) is 18.1 Å². The fourth-order valence-electron chi connectivity index (χ4n) is 2.02. The molecule has 0 saturated carbocycles. The molecule has 0 spiro atoms. The number of rotatable bonds is 6. The van der Waals surface area contributed by atoms with Crippen molar-refractivity contribution in [2.24, 2.45) is 7.05 Å². The molecule has 0 radical (unpaired) electrons. The van der Waals surface area contributed by atoms with Gasteiger partial charge in [-0.15, -0.1) is 0 Å². The number of nitrogens with two attached hydrogens (primary N) is 1. The van der Waals surface area contributed by atoms with Crippen LogP contribution in [0.3, 0.4) is 0 Å². The molecule has 1 aromatic carbocycles. The molecule has 2 rings (SSSR count). The number of aryl methyl sites for hydroxylation is 3. The number of nitrogen functional groups attached to an aromatic ring is 1. The quantitative estimate of drug-likeness (QED) is 0.669. The summed E-state index contributed by atoms with van der Waals surface area (Å²) in [6.07, 6.45) is 1.42. The molecule has 4 N–H and O–H groups in total. The predicted octanol–water partition coefficient (Wildman–Crippen LogP) is 0.926. The van der Waals surface area contributed by atoms with Crippen LogP contribution in [0.25, 0.3) is 0 Å². The molecule has 0 fully saturated rings. The number of anilines is 2. The Morgan fingerprint density at radius 2 is 2.04 bits per heavy atom. The van der Waals surface area contributed by atoms with Crippen molar-refractivity contribution in [3.63, 3.8) is 0 Å². The van der Waals surface area contributed by atoms with Crippen LogP contribution in [0.1, 0.15) is 17.8 Å². The van der Waals surface area contributed by atoms with E-state index in [0.29, 0.717) is 17.2 Å². The summed E-state index contributed by atoms with van der Waals surface area (Å²) in [4.78, 5) is 15.9. The highest BCUT2D eigenvalue weighted by Crippen LogP contribution is 2.18. The first-order valence-electron chi connectivity index (χ1n) is 7.34. The number of imidazole rings is 1. The molecular weight excluding hydrogens is 330 g/mol. The van der Waals surface area contributed by atoms with Crippen LogP contribution in [0, 0.1) is 13.8 Å². The highest BCUT2D eigenvalue weighted by Gasteiger charge is 2.18. The van der Waals surface area contributed by atoms with E-state index in [-0.39, 0.29) is 23.9 Å². The number of hydrogen-bond donors (Lipinski definition) is 3. The molecule has 0 saturated heterocycles. The highest BCUT2D eigenvalue weighted by molar-refractivity contribution is 7.89. The third-order valence-electron chi connectivity index (χ3n) is 3.54. The molecule has 1 amide bonds. The van der Waals surface area contributed by atoms with E-state index in [9.17, 15) is 13.2 Å². The van der Waals surface area contributed by atoms with E-state index < -0.39 is 10.0 Å². The largest absolute Gasteiger partial charge is 0.399 e. The van der Waals surface area contributed by atoms with E-state index in [2.05, 4.69) is 15.0 Å². The Kier molecular flexibility index (Phi) is 5.25. The fraction of sp³-hybridized carbons (Fsp3) is 0.333. The van der Waals surface area contributed by atoms with E-state index in [1.54, 1.807) is 36.7 Å². The van der Waals surface area contributed by atoms with Gasteiger partial charge in [-0.05, 0) is 31.5 Å². The maximum absolute atomic E-state index is 12.1. The number of carbonyl (C=O) groups is 1. The molecule has 130 valence electrons. The van der Waals surface area contributed by atoms with Gasteiger partial charge in [-0.2, -0.15) is 0 Å². The fourth-order valence-corrected chi connectivity index (χ4v) is 3.08. The Balaban J connectivity index is 1.91. The van der Waals surface area contributed by atoms with Crippen molar-refractivity contribution in [1.82, 2.24) is 14.3 Å². The minimum absolute atomic E-state index is 0.000710. The monoisotopic (exact) mass is 351 g/mol. The summed E-state index contributed by atoms with van der Waals surface area (Å²) in [5, 5.41) is 2.66. The van der Waals surface area contributed by atoms with E-state index >= 15 is 0 Å². The van der Waals surface area contributed by atoms with Gasteiger partial charge in [0.2, 0.25) is 5.91 Å². The van der Waals surface area contributed by atoms with Crippen molar-refractivity contribution in [1.29, 1.82) is 0 Å². The summed E-state index contributed by atoms with van der Waals surface area (Å²) < 4.78 is 28.2. The number of benzene rings is 1. The Labute approximate surface area is 141 Å². The summed E-state index contributed by atoms with van der Waals surface area (Å²) in [7, 11) is -2.02. The van der Waals surface area contributed by atoms with Crippen LogP contribution in [-0.4, -0.2) is 30.4 Å². The maximum atomic E-state index is 12.1. The van der Waals surface area contributed by atoms with E-state index in [0.717, 1.165) is 5.56 Å². The number of nitrogens with zero attached hydrogens (tertiary/aromatic N) is 2. The zero-order valence-electron chi connectivity index (χ0n) is 13.8. The number of sulfonamides is 1. The highest BCUT2D eigenvalue weighted by atomic mass is 32.2. The van der Waals surface area contributed by atoms with Gasteiger partial charge in [-0.1, -0.05) is 6.07 Å². The smallest absolute Gasteiger partial charge is 0.259 e. The summed E-state index contributed by atoms with van der Waals surface area (Å²) >= 11 is 0. The maximum Gasteiger partial charge on any atom is 0.259 e. The zero-order valence-corrected chi connectivity index (χ0v) is 14.6. The van der Waals surface area contributed by atoms with E-state index in [1.807, 2.05) is 6.92 Å². The molecular formula is C15H21N5O3S.